The second-order valence-electron chi connectivity index (χ2n) is 11.7. The summed E-state index contributed by atoms with van der Waals surface area (Å²) in [6.07, 6.45) is 3.23. The van der Waals surface area contributed by atoms with Crippen LogP contribution in [0.1, 0.15) is 44.6 Å². The van der Waals surface area contributed by atoms with Gasteiger partial charge in [-0.25, -0.2) is 8.78 Å². The van der Waals surface area contributed by atoms with Gasteiger partial charge in [-0.05, 0) is 50.7 Å². The van der Waals surface area contributed by atoms with Crippen LogP contribution in [0.2, 0.25) is 0 Å². The Morgan fingerprint density at radius 3 is 1.79 bits per heavy atom. The van der Waals surface area contributed by atoms with Crippen LogP contribution in [0.25, 0.3) is 65.7 Å². The number of rotatable bonds is 9. The molecule has 0 spiro atoms. The van der Waals surface area contributed by atoms with Gasteiger partial charge in [0.05, 0.1) is 0 Å². The molecule has 0 atom stereocenters. The molecule has 0 saturated heterocycles. The van der Waals surface area contributed by atoms with E-state index in [2.05, 4.69) is 79.7 Å². The number of hydrogen-bond donors (Lipinski definition) is 0. The Hall–Kier alpha value is -4.50. The van der Waals surface area contributed by atoms with Crippen molar-refractivity contribution in [2.75, 3.05) is 0 Å². The van der Waals surface area contributed by atoms with E-state index in [-0.39, 0.29) is 12.8 Å². The molecular weight excluding hydrogens is 534 g/mol. The third-order valence-corrected chi connectivity index (χ3v) is 8.71. The van der Waals surface area contributed by atoms with Crippen molar-refractivity contribution in [3.8, 4) is 22.3 Å². The maximum Gasteiger partial charge on any atom is 0.252 e. The molecule has 43 heavy (non-hydrogen) atoms. The van der Waals surface area contributed by atoms with E-state index in [0.29, 0.717) is 12.0 Å². The summed E-state index contributed by atoms with van der Waals surface area (Å²) in [5, 5.41) is 6.72. The zero-order valence-electron chi connectivity index (χ0n) is 24.4. The van der Waals surface area contributed by atoms with Gasteiger partial charge in [-0.15, -0.1) is 0 Å². The Kier molecular flexibility index (Phi) is 7.18. The second-order valence-corrected chi connectivity index (χ2v) is 11.7. The molecule has 0 aliphatic carbocycles. The molecule has 6 aromatic carbocycles. The number of halogens is 2. The van der Waals surface area contributed by atoms with Crippen LogP contribution < -0.4 is 0 Å². The first-order valence-electron chi connectivity index (χ1n) is 15.4. The van der Waals surface area contributed by atoms with E-state index in [9.17, 15) is 8.78 Å². The predicted octanol–water partition coefficient (Wildman–Crippen LogP) is 12.4. The summed E-state index contributed by atoms with van der Waals surface area (Å²) in [6.45, 7) is 2.10. The molecule has 0 aliphatic heterocycles. The Balaban J connectivity index is 1.36. The fourth-order valence-corrected chi connectivity index (χ4v) is 6.66. The summed E-state index contributed by atoms with van der Waals surface area (Å²) >= 11 is 0. The average molecular weight is 569 g/mol. The van der Waals surface area contributed by atoms with E-state index in [1.807, 2.05) is 42.5 Å². The fourth-order valence-electron chi connectivity index (χ4n) is 6.66. The summed E-state index contributed by atoms with van der Waals surface area (Å²) < 4.78 is 36.0. The first-order valence-corrected chi connectivity index (χ1v) is 15.4. The monoisotopic (exact) mass is 568 g/mol. The highest BCUT2D eigenvalue weighted by Crippen LogP contribution is 2.46. The molecule has 0 saturated carbocycles. The summed E-state index contributed by atoms with van der Waals surface area (Å²) in [7, 11) is 0. The molecule has 7 rings (SSSR count). The summed E-state index contributed by atoms with van der Waals surface area (Å²) in [6, 6.07) is 39.3. The molecule has 3 heteroatoms. The topological polar surface area (TPSA) is 13.1 Å². The molecule has 0 bridgehead atoms. The van der Waals surface area contributed by atoms with Gasteiger partial charge < -0.3 is 4.42 Å². The maximum atomic E-state index is 14.8. The zero-order chi connectivity index (χ0) is 29.4. The molecule has 1 heterocycles. The van der Waals surface area contributed by atoms with Crippen LogP contribution in [-0.2, 0) is 6.42 Å². The predicted molar refractivity (Wildman–Crippen MR) is 177 cm³/mol. The smallest absolute Gasteiger partial charge is 0.252 e. The van der Waals surface area contributed by atoms with E-state index >= 15 is 0 Å². The van der Waals surface area contributed by atoms with Crippen LogP contribution in [0.4, 0.5) is 8.78 Å². The molecule has 0 amide bonds. The maximum absolute atomic E-state index is 14.8. The molecule has 0 unspecified atom stereocenters. The molecule has 0 radical (unpaired) electrons. The van der Waals surface area contributed by atoms with E-state index in [1.54, 1.807) is 0 Å². The van der Waals surface area contributed by atoms with Crippen LogP contribution in [0, 0.1) is 0 Å². The lowest BCUT2D eigenvalue weighted by Gasteiger charge is -2.19. The van der Waals surface area contributed by atoms with Gasteiger partial charge in [0.2, 0.25) is 0 Å². The van der Waals surface area contributed by atoms with Crippen LogP contribution >= 0.6 is 0 Å². The Labute approximate surface area is 250 Å². The first-order chi connectivity index (χ1) is 21.0. The quantitative estimate of drug-likeness (QED) is 0.125. The van der Waals surface area contributed by atoms with Crippen LogP contribution in [0.15, 0.2) is 120 Å². The number of benzene rings is 6. The van der Waals surface area contributed by atoms with Crippen molar-refractivity contribution in [1.29, 1.82) is 0 Å². The Bertz CT molecular complexity index is 2010. The highest BCUT2D eigenvalue weighted by Gasteiger charge is 2.28. The lowest BCUT2D eigenvalue weighted by molar-refractivity contribution is -0.00948. The van der Waals surface area contributed by atoms with Gasteiger partial charge in [0.15, 0.2) is 0 Å². The minimum absolute atomic E-state index is 0.0521. The Morgan fingerprint density at radius 1 is 0.558 bits per heavy atom. The fraction of sp³-hybridized carbons (Fsp3) is 0.200. The Morgan fingerprint density at radius 2 is 1.14 bits per heavy atom. The second kappa shape index (κ2) is 11.3. The standard InChI is InChI=1S/C40H34F2O/c1-2-3-4-11-25-40(41,42)26-27-21-23-28(24-22-27)37-30-14-5-7-16-32(30)38(33-17-8-6-15-31(33)37)35-19-12-18-34-29-13-9-10-20-36(29)43-39(34)35/h5-10,12-24H,2-4,11,25-26H2,1H3. The van der Waals surface area contributed by atoms with Crippen LogP contribution in [0.3, 0.4) is 0 Å². The van der Waals surface area contributed by atoms with Crippen molar-refractivity contribution in [2.24, 2.45) is 0 Å². The highest BCUT2D eigenvalue weighted by atomic mass is 19.3. The molecule has 1 aromatic heterocycles. The molecule has 0 fully saturated rings. The summed E-state index contributed by atoms with van der Waals surface area (Å²) in [5.41, 5.74) is 6.77. The molecule has 214 valence electrons. The van der Waals surface area contributed by atoms with Crippen molar-refractivity contribution in [2.45, 2.75) is 51.4 Å². The van der Waals surface area contributed by atoms with Gasteiger partial charge in [0, 0.05) is 34.7 Å². The normalized spacial score (nSPS) is 12.2. The van der Waals surface area contributed by atoms with Gasteiger partial charge >= 0.3 is 0 Å². The van der Waals surface area contributed by atoms with Gasteiger partial charge in [0.25, 0.3) is 5.92 Å². The number of hydrogen-bond acceptors (Lipinski definition) is 1. The van der Waals surface area contributed by atoms with E-state index in [4.69, 9.17) is 4.42 Å². The molecule has 7 aromatic rings. The van der Waals surface area contributed by atoms with Crippen LogP contribution in [-0.4, -0.2) is 5.92 Å². The summed E-state index contributed by atoms with van der Waals surface area (Å²) in [4.78, 5) is 0. The average Bonchev–Trinajstić information content (AvgIpc) is 3.42. The van der Waals surface area contributed by atoms with Crippen LogP contribution in [0.5, 0.6) is 0 Å². The number of fused-ring (bicyclic) bond motifs is 5. The SMILES string of the molecule is CCCCCCC(F)(F)Cc1ccc(-c2c3ccccc3c(-c3cccc4c3oc3ccccc34)c3ccccc23)cc1. The molecular formula is C40H34F2O. The van der Waals surface area contributed by atoms with Gasteiger partial charge in [0.1, 0.15) is 11.2 Å². The van der Waals surface area contributed by atoms with Crippen molar-refractivity contribution in [3.63, 3.8) is 0 Å². The minimum atomic E-state index is -2.69. The van der Waals surface area contributed by atoms with Crippen molar-refractivity contribution >= 4 is 43.5 Å². The van der Waals surface area contributed by atoms with Gasteiger partial charge in [-0.3, -0.25) is 0 Å². The number of para-hydroxylation sites is 2. The minimum Gasteiger partial charge on any atom is -0.455 e. The largest absolute Gasteiger partial charge is 0.455 e. The van der Waals surface area contributed by atoms with E-state index in [0.717, 1.165) is 85.0 Å². The van der Waals surface area contributed by atoms with Crippen molar-refractivity contribution < 1.29 is 13.2 Å². The lowest BCUT2D eigenvalue weighted by atomic mass is 9.85. The first kappa shape index (κ1) is 27.3. The third-order valence-electron chi connectivity index (χ3n) is 8.71. The number of alkyl halides is 2. The summed E-state index contributed by atoms with van der Waals surface area (Å²) in [5.74, 6) is -2.69. The highest BCUT2D eigenvalue weighted by molar-refractivity contribution is 6.24. The third kappa shape index (κ3) is 5.07. The zero-order valence-corrected chi connectivity index (χ0v) is 24.4. The van der Waals surface area contributed by atoms with Gasteiger partial charge in [-0.1, -0.05) is 135 Å². The molecule has 1 nitrogen and oxygen atoms in total. The van der Waals surface area contributed by atoms with Crippen molar-refractivity contribution in [3.05, 3.63) is 121 Å². The number of furan rings is 1. The molecule has 0 N–H and O–H groups in total. The van der Waals surface area contributed by atoms with E-state index < -0.39 is 5.92 Å². The van der Waals surface area contributed by atoms with E-state index in [1.165, 1.54) is 0 Å². The van der Waals surface area contributed by atoms with Gasteiger partial charge in [-0.2, -0.15) is 0 Å². The lowest BCUT2D eigenvalue weighted by Crippen LogP contribution is -2.19. The molecule has 0 aliphatic rings. The number of unbranched alkanes of at least 4 members (excludes halogenated alkanes) is 3. The van der Waals surface area contributed by atoms with Crippen molar-refractivity contribution in [1.82, 2.24) is 0 Å².